The highest BCUT2D eigenvalue weighted by Gasteiger charge is 2.47. The van der Waals surface area contributed by atoms with Crippen LogP contribution in [0.25, 0.3) is 0 Å². The zero-order valence-electron chi connectivity index (χ0n) is 9.09. The van der Waals surface area contributed by atoms with Gasteiger partial charge in [0.25, 0.3) is 0 Å². The molecule has 0 radical (unpaired) electrons. The molecule has 0 saturated carbocycles. The molecule has 0 bridgehead atoms. The molecule has 1 saturated heterocycles. The predicted octanol–water partition coefficient (Wildman–Crippen LogP) is 2.56. The molecule has 0 N–H and O–H groups in total. The van der Waals surface area contributed by atoms with Crippen LogP contribution in [0, 0.1) is 5.41 Å². The fourth-order valence-electron chi connectivity index (χ4n) is 1.43. The molecular weight excluding hydrogens is 164 g/mol. The standard InChI is InChI=1S/C11H20O2/c1-5-6-7-8-9(13-8)10(12)11(2,3)4/h8-9H,5-7H2,1-4H3/t8-,9+/m1/s1. The minimum absolute atomic E-state index is 0.0912. The van der Waals surface area contributed by atoms with Crippen molar-refractivity contribution in [2.45, 2.75) is 59.2 Å². The van der Waals surface area contributed by atoms with Gasteiger partial charge in [-0.2, -0.15) is 0 Å². The summed E-state index contributed by atoms with van der Waals surface area (Å²) in [6.45, 7) is 8.01. The van der Waals surface area contributed by atoms with E-state index in [2.05, 4.69) is 6.92 Å². The number of carbonyl (C=O) groups excluding carboxylic acids is 1. The Morgan fingerprint density at radius 1 is 1.38 bits per heavy atom. The minimum atomic E-state index is -0.244. The van der Waals surface area contributed by atoms with E-state index in [4.69, 9.17) is 4.74 Å². The maximum atomic E-state index is 11.7. The van der Waals surface area contributed by atoms with E-state index in [9.17, 15) is 4.79 Å². The summed E-state index contributed by atoms with van der Waals surface area (Å²) in [6, 6.07) is 0. The fourth-order valence-corrected chi connectivity index (χ4v) is 1.43. The largest absolute Gasteiger partial charge is 0.361 e. The van der Waals surface area contributed by atoms with Gasteiger partial charge in [-0.05, 0) is 6.42 Å². The molecule has 2 nitrogen and oxygen atoms in total. The SMILES string of the molecule is CCCC[C@H]1O[C@@H]1C(=O)C(C)(C)C. The van der Waals surface area contributed by atoms with E-state index in [0.29, 0.717) is 0 Å². The quantitative estimate of drug-likeness (QED) is 0.628. The summed E-state index contributed by atoms with van der Waals surface area (Å²) in [5.74, 6) is 0.258. The average molecular weight is 184 g/mol. The van der Waals surface area contributed by atoms with Gasteiger partial charge in [0, 0.05) is 5.41 Å². The highest BCUT2D eigenvalue weighted by Crippen LogP contribution is 2.33. The third-order valence-corrected chi connectivity index (χ3v) is 2.42. The number of hydrogen-bond acceptors (Lipinski definition) is 2. The first-order valence-electron chi connectivity index (χ1n) is 5.16. The van der Waals surface area contributed by atoms with Crippen molar-refractivity contribution >= 4 is 5.78 Å². The van der Waals surface area contributed by atoms with E-state index >= 15 is 0 Å². The highest BCUT2D eigenvalue weighted by atomic mass is 16.6. The first kappa shape index (κ1) is 10.7. The van der Waals surface area contributed by atoms with Gasteiger partial charge in [-0.3, -0.25) is 4.79 Å². The highest BCUT2D eigenvalue weighted by molar-refractivity contribution is 5.90. The van der Waals surface area contributed by atoms with E-state index in [1.165, 1.54) is 12.8 Å². The number of hydrogen-bond donors (Lipinski definition) is 0. The molecule has 1 rings (SSSR count). The van der Waals surface area contributed by atoms with Gasteiger partial charge in [-0.1, -0.05) is 40.5 Å². The van der Waals surface area contributed by atoms with Crippen LogP contribution in [0.5, 0.6) is 0 Å². The molecule has 13 heavy (non-hydrogen) atoms. The van der Waals surface area contributed by atoms with Crippen molar-refractivity contribution in [3.05, 3.63) is 0 Å². The maximum Gasteiger partial charge on any atom is 0.169 e. The van der Waals surface area contributed by atoms with Crippen LogP contribution in [0.15, 0.2) is 0 Å². The maximum absolute atomic E-state index is 11.7. The molecular formula is C11H20O2. The number of ketones is 1. The van der Waals surface area contributed by atoms with Crippen molar-refractivity contribution in [2.75, 3.05) is 0 Å². The van der Waals surface area contributed by atoms with Crippen LogP contribution in [0.3, 0.4) is 0 Å². The average Bonchev–Trinajstić information content (AvgIpc) is 2.76. The van der Waals surface area contributed by atoms with Gasteiger partial charge >= 0.3 is 0 Å². The molecule has 0 spiro atoms. The van der Waals surface area contributed by atoms with Crippen molar-refractivity contribution < 1.29 is 9.53 Å². The second-order valence-corrected chi connectivity index (χ2v) is 4.85. The van der Waals surface area contributed by atoms with Crippen molar-refractivity contribution in [3.8, 4) is 0 Å². The predicted molar refractivity (Wildman–Crippen MR) is 52.6 cm³/mol. The summed E-state index contributed by atoms with van der Waals surface area (Å²) < 4.78 is 5.36. The Morgan fingerprint density at radius 3 is 2.46 bits per heavy atom. The van der Waals surface area contributed by atoms with Gasteiger partial charge in [0.15, 0.2) is 5.78 Å². The van der Waals surface area contributed by atoms with Crippen LogP contribution in [-0.4, -0.2) is 18.0 Å². The molecule has 0 aromatic rings. The molecule has 1 heterocycles. The zero-order chi connectivity index (χ0) is 10.1. The van der Waals surface area contributed by atoms with Crippen molar-refractivity contribution in [3.63, 3.8) is 0 Å². The lowest BCUT2D eigenvalue weighted by Crippen LogP contribution is -2.26. The Bertz CT molecular complexity index is 191. The molecule has 0 amide bonds. The van der Waals surface area contributed by atoms with E-state index in [-0.39, 0.29) is 23.4 Å². The summed E-state index contributed by atoms with van der Waals surface area (Å²) in [5.41, 5.74) is -0.244. The molecule has 0 aromatic heterocycles. The van der Waals surface area contributed by atoms with Crippen LogP contribution in [0.4, 0.5) is 0 Å². The van der Waals surface area contributed by atoms with E-state index in [1.54, 1.807) is 0 Å². The second kappa shape index (κ2) is 3.79. The van der Waals surface area contributed by atoms with Crippen LogP contribution >= 0.6 is 0 Å². The summed E-state index contributed by atoms with van der Waals surface area (Å²) in [7, 11) is 0. The molecule has 1 aliphatic heterocycles. The van der Waals surface area contributed by atoms with E-state index < -0.39 is 0 Å². The summed E-state index contributed by atoms with van der Waals surface area (Å²) in [5, 5.41) is 0. The van der Waals surface area contributed by atoms with E-state index in [1.807, 2.05) is 20.8 Å². The summed E-state index contributed by atoms with van der Waals surface area (Å²) in [6.07, 6.45) is 3.52. The third kappa shape index (κ3) is 2.80. The topological polar surface area (TPSA) is 29.6 Å². The van der Waals surface area contributed by atoms with Crippen LogP contribution in [0.1, 0.15) is 47.0 Å². The van der Waals surface area contributed by atoms with Crippen LogP contribution in [-0.2, 0) is 9.53 Å². The Kier molecular flexibility index (Phi) is 3.12. The fraction of sp³-hybridized carbons (Fsp3) is 0.909. The smallest absolute Gasteiger partial charge is 0.169 e. The molecule has 0 aliphatic carbocycles. The number of unbranched alkanes of at least 4 members (excludes halogenated alkanes) is 1. The lowest BCUT2D eigenvalue weighted by atomic mass is 9.87. The second-order valence-electron chi connectivity index (χ2n) is 4.85. The number of epoxide rings is 1. The number of rotatable bonds is 4. The van der Waals surface area contributed by atoms with Crippen LogP contribution in [0.2, 0.25) is 0 Å². The van der Waals surface area contributed by atoms with Gasteiger partial charge in [-0.25, -0.2) is 0 Å². The van der Waals surface area contributed by atoms with Gasteiger partial charge in [0.1, 0.15) is 6.10 Å². The van der Waals surface area contributed by atoms with Crippen molar-refractivity contribution in [1.29, 1.82) is 0 Å². The molecule has 1 fully saturated rings. The van der Waals surface area contributed by atoms with Gasteiger partial charge in [-0.15, -0.1) is 0 Å². The lowest BCUT2D eigenvalue weighted by Gasteiger charge is -2.14. The third-order valence-electron chi connectivity index (χ3n) is 2.42. The molecule has 2 heteroatoms. The van der Waals surface area contributed by atoms with E-state index in [0.717, 1.165) is 6.42 Å². The van der Waals surface area contributed by atoms with Crippen molar-refractivity contribution in [2.24, 2.45) is 5.41 Å². The van der Waals surface area contributed by atoms with Gasteiger partial charge in [0.2, 0.25) is 0 Å². The Balaban J connectivity index is 2.30. The van der Waals surface area contributed by atoms with Crippen molar-refractivity contribution in [1.82, 2.24) is 0 Å². The minimum Gasteiger partial charge on any atom is -0.361 e. The molecule has 76 valence electrons. The first-order valence-corrected chi connectivity index (χ1v) is 5.16. The normalized spacial score (nSPS) is 27.4. The Labute approximate surface area is 80.7 Å². The Hall–Kier alpha value is -0.370. The first-order chi connectivity index (χ1) is 5.96. The molecule has 2 atom stereocenters. The number of ether oxygens (including phenoxy) is 1. The molecule has 0 unspecified atom stereocenters. The summed E-state index contributed by atoms with van der Waals surface area (Å²) in [4.78, 5) is 11.7. The zero-order valence-corrected chi connectivity index (χ0v) is 9.09. The summed E-state index contributed by atoms with van der Waals surface area (Å²) >= 11 is 0. The van der Waals surface area contributed by atoms with Crippen LogP contribution < -0.4 is 0 Å². The Morgan fingerprint density at radius 2 is 2.00 bits per heavy atom. The van der Waals surface area contributed by atoms with Gasteiger partial charge in [0.05, 0.1) is 6.10 Å². The number of carbonyl (C=O) groups is 1. The monoisotopic (exact) mass is 184 g/mol. The number of Topliss-reactive ketones (excluding diaryl/α,β-unsaturated/α-hetero) is 1. The molecule has 0 aromatic carbocycles. The molecule has 1 aliphatic rings. The lowest BCUT2D eigenvalue weighted by molar-refractivity contribution is -0.127. The van der Waals surface area contributed by atoms with Gasteiger partial charge < -0.3 is 4.74 Å².